The Bertz CT molecular complexity index is 805. The third-order valence-electron chi connectivity index (χ3n) is 5.35. The molecule has 130 valence electrons. The minimum atomic E-state index is -0.393. The maximum atomic E-state index is 13.0. The van der Waals surface area contributed by atoms with E-state index >= 15 is 0 Å². The van der Waals surface area contributed by atoms with Crippen LogP contribution in [-0.4, -0.2) is 46.2 Å². The molecule has 2 aliphatic rings. The zero-order valence-electron chi connectivity index (χ0n) is 14.3. The number of likely N-dealkylation sites (tertiary alicyclic amines) is 2. The molecule has 2 amide bonds. The van der Waals surface area contributed by atoms with E-state index in [1.807, 2.05) is 11.0 Å². The summed E-state index contributed by atoms with van der Waals surface area (Å²) in [5, 5.41) is 1.77. The van der Waals surface area contributed by atoms with E-state index in [-0.39, 0.29) is 11.8 Å². The number of aromatic nitrogens is 1. The highest BCUT2D eigenvalue weighted by atomic mass is 32.1. The molecule has 2 fully saturated rings. The lowest BCUT2D eigenvalue weighted by molar-refractivity contribution is -0.135. The quantitative estimate of drug-likeness (QED) is 0.851. The zero-order valence-corrected chi connectivity index (χ0v) is 15.1. The number of carbonyl (C=O) groups excluding carboxylic acids is 2. The number of thiazole rings is 1. The van der Waals surface area contributed by atoms with Crippen LogP contribution >= 0.6 is 11.3 Å². The van der Waals surface area contributed by atoms with Crippen molar-refractivity contribution < 1.29 is 9.59 Å². The lowest BCUT2D eigenvalue weighted by Crippen LogP contribution is -2.38. The maximum Gasteiger partial charge on any atom is 0.273 e. The Morgan fingerprint density at radius 1 is 1.32 bits per heavy atom. The van der Waals surface area contributed by atoms with Gasteiger partial charge < -0.3 is 9.80 Å². The summed E-state index contributed by atoms with van der Waals surface area (Å²) in [5.41, 5.74) is 4.14. The fourth-order valence-corrected chi connectivity index (χ4v) is 4.51. The van der Waals surface area contributed by atoms with Crippen molar-refractivity contribution in [2.45, 2.75) is 26.3 Å². The molecule has 4 rings (SSSR count). The number of hydrogen-bond acceptors (Lipinski definition) is 4. The molecule has 5 nitrogen and oxygen atoms in total. The lowest BCUT2D eigenvalue weighted by Gasteiger charge is -2.23. The van der Waals surface area contributed by atoms with E-state index in [2.05, 4.69) is 30.1 Å². The van der Waals surface area contributed by atoms with Gasteiger partial charge in [0.05, 0.1) is 10.9 Å². The second-order valence-electron chi connectivity index (χ2n) is 7.10. The van der Waals surface area contributed by atoms with E-state index in [1.54, 1.807) is 15.8 Å². The van der Waals surface area contributed by atoms with Crippen LogP contribution < -0.4 is 0 Å². The van der Waals surface area contributed by atoms with Gasteiger partial charge >= 0.3 is 0 Å². The van der Waals surface area contributed by atoms with Gasteiger partial charge in [-0.05, 0) is 25.3 Å². The molecule has 2 aliphatic heterocycles. The Morgan fingerprint density at radius 3 is 2.92 bits per heavy atom. The van der Waals surface area contributed by atoms with Crippen LogP contribution in [0.3, 0.4) is 0 Å². The van der Waals surface area contributed by atoms with Gasteiger partial charge in [-0.2, -0.15) is 0 Å². The lowest BCUT2D eigenvalue weighted by atomic mass is 9.85. The van der Waals surface area contributed by atoms with Crippen LogP contribution in [0.2, 0.25) is 0 Å². The molecule has 2 saturated heterocycles. The van der Waals surface area contributed by atoms with Gasteiger partial charge in [0.25, 0.3) is 5.91 Å². The fourth-order valence-electron chi connectivity index (χ4n) is 3.98. The average Bonchev–Trinajstić information content (AvgIpc) is 3.33. The molecule has 25 heavy (non-hydrogen) atoms. The summed E-state index contributed by atoms with van der Waals surface area (Å²) < 4.78 is 0. The fraction of sp³-hybridized carbons (Fsp3) is 0.421. The number of aryl methyl sites for hydroxylation is 1. The van der Waals surface area contributed by atoms with Gasteiger partial charge in [0.1, 0.15) is 5.69 Å². The van der Waals surface area contributed by atoms with E-state index < -0.39 is 5.41 Å². The molecule has 2 aromatic rings. The first kappa shape index (κ1) is 16.3. The summed E-state index contributed by atoms with van der Waals surface area (Å²) >= 11 is 1.42. The summed E-state index contributed by atoms with van der Waals surface area (Å²) in [7, 11) is 0. The molecule has 6 heteroatoms. The Balaban J connectivity index is 1.45. The van der Waals surface area contributed by atoms with Crippen LogP contribution in [-0.2, 0) is 11.3 Å². The average molecular weight is 355 g/mol. The van der Waals surface area contributed by atoms with Gasteiger partial charge in [-0.3, -0.25) is 9.59 Å². The smallest absolute Gasteiger partial charge is 0.273 e. The van der Waals surface area contributed by atoms with Crippen molar-refractivity contribution in [3.8, 4) is 0 Å². The standard InChI is InChI=1S/C19H21N3O2S/c1-14-3-2-4-15(9-14)10-21-7-5-19(18(21)24)6-8-22(12-19)17(23)16-11-25-13-20-16/h2-4,9,11,13H,5-8,10,12H2,1H3. The van der Waals surface area contributed by atoms with Gasteiger partial charge in [0.15, 0.2) is 0 Å². The Morgan fingerprint density at radius 2 is 2.16 bits per heavy atom. The number of benzene rings is 1. The van der Waals surface area contributed by atoms with Gasteiger partial charge in [0.2, 0.25) is 5.91 Å². The Kier molecular flexibility index (Phi) is 4.07. The summed E-state index contributed by atoms with van der Waals surface area (Å²) in [6.45, 7) is 4.65. The molecule has 1 spiro atoms. The normalized spacial score (nSPS) is 23.0. The number of rotatable bonds is 3. The van der Waals surface area contributed by atoms with Crippen molar-refractivity contribution in [3.63, 3.8) is 0 Å². The monoisotopic (exact) mass is 355 g/mol. The third-order valence-corrected chi connectivity index (χ3v) is 5.94. The SMILES string of the molecule is Cc1cccc(CN2CCC3(CCN(C(=O)c4cscn4)C3)C2=O)c1. The van der Waals surface area contributed by atoms with Gasteiger partial charge in [-0.15, -0.1) is 11.3 Å². The molecule has 0 N–H and O–H groups in total. The van der Waals surface area contributed by atoms with Gasteiger partial charge in [-0.25, -0.2) is 4.98 Å². The van der Waals surface area contributed by atoms with E-state index in [9.17, 15) is 9.59 Å². The molecule has 0 bridgehead atoms. The number of amides is 2. The Labute approximate surface area is 151 Å². The van der Waals surface area contributed by atoms with Crippen molar-refractivity contribution in [2.75, 3.05) is 19.6 Å². The highest BCUT2D eigenvalue weighted by Gasteiger charge is 2.51. The molecule has 1 unspecified atom stereocenters. The second kappa shape index (κ2) is 6.26. The van der Waals surface area contributed by atoms with Crippen LogP contribution in [0.4, 0.5) is 0 Å². The van der Waals surface area contributed by atoms with Crippen LogP contribution in [0.25, 0.3) is 0 Å². The van der Waals surface area contributed by atoms with E-state index in [0.29, 0.717) is 25.3 Å². The van der Waals surface area contributed by atoms with Crippen LogP contribution in [0, 0.1) is 12.3 Å². The molecule has 1 aromatic heterocycles. The van der Waals surface area contributed by atoms with Crippen molar-refractivity contribution in [1.29, 1.82) is 0 Å². The largest absolute Gasteiger partial charge is 0.338 e. The van der Waals surface area contributed by atoms with Gasteiger partial charge in [-0.1, -0.05) is 29.8 Å². The highest BCUT2D eigenvalue weighted by Crippen LogP contribution is 2.41. The summed E-state index contributed by atoms with van der Waals surface area (Å²) in [6, 6.07) is 8.30. The molecule has 1 atom stereocenters. The van der Waals surface area contributed by atoms with Gasteiger partial charge in [0, 0.05) is 31.6 Å². The summed E-state index contributed by atoms with van der Waals surface area (Å²) in [6.07, 6.45) is 1.59. The molecule has 0 aliphatic carbocycles. The van der Waals surface area contributed by atoms with Crippen molar-refractivity contribution >= 4 is 23.2 Å². The second-order valence-corrected chi connectivity index (χ2v) is 7.82. The predicted molar refractivity (Wildman–Crippen MR) is 96.3 cm³/mol. The zero-order chi connectivity index (χ0) is 17.4. The topological polar surface area (TPSA) is 53.5 Å². The van der Waals surface area contributed by atoms with E-state index in [4.69, 9.17) is 0 Å². The highest BCUT2D eigenvalue weighted by molar-refractivity contribution is 7.07. The van der Waals surface area contributed by atoms with Crippen LogP contribution in [0.1, 0.15) is 34.5 Å². The van der Waals surface area contributed by atoms with E-state index in [1.165, 1.54) is 22.5 Å². The summed E-state index contributed by atoms with van der Waals surface area (Å²) in [4.78, 5) is 33.4. The maximum absolute atomic E-state index is 13.0. The van der Waals surface area contributed by atoms with Crippen molar-refractivity contribution in [2.24, 2.45) is 5.41 Å². The molecule has 0 radical (unpaired) electrons. The van der Waals surface area contributed by atoms with Crippen molar-refractivity contribution in [3.05, 3.63) is 52.0 Å². The molecule has 3 heterocycles. The number of carbonyl (C=O) groups is 2. The van der Waals surface area contributed by atoms with Crippen molar-refractivity contribution in [1.82, 2.24) is 14.8 Å². The predicted octanol–water partition coefficient (Wildman–Crippen LogP) is 2.72. The molecular weight excluding hydrogens is 334 g/mol. The molecule has 1 aromatic carbocycles. The first-order valence-electron chi connectivity index (χ1n) is 8.60. The summed E-state index contributed by atoms with van der Waals surface area (Å²) in [5.74, 6) is 0.144. The number of nitrogens with zero attached hydrogens (tertiary/aromatic N) is 3. The van der Waals surface area contributed by atoms with Crippen LogP contribution in [0.5, 0.6) is 0 Å². The minimum Gasteiger partial charge on any atom is -0.338 e. The minimum absolute atomic E-state index is 0.0527. The Hall–Kier alpha value is -2.21. The number of hydrogen-bond donors (Lipinski definition) is 0. The molecule has 0 saturated carbocycles. The van der Waals surface area contributed by atoms with E-state index in [0.717, 1.165) is 19.4 Å². The van der Waals surface area contributed by atoms with Crippen LogP contribution in [0.15, 0.2) is 35.2 Å². The third kappa shape index (κ3) is 2.95. The molecular formula is C19H21N3O2S. The first-order chi connectivity index (χ1) is 12.1. The first-order valence-corrected chi connectivity index (χ1v) is 9.54.